The quantitative estimate of drug-likeness (QED) is 0.618. The van der Waals surface area contributed by atoms with E-state index in [1.54, 1.807) is 0 Å². The molecule has 13 heavy (non-hydrogen) atoms. The number of amides is 1. The molecule has 1 atom stereocenters. The Kier molecular flexibility index (Phi) is 3.22. The highest BCUT2D eigenvalue weighted by molar-refractivity contribution is 7.80. The van der Waals surface area contributed by atoms with Crippen LogP contribution in [-0.2, 0) is 4.79 Å². The minimum atomic E-state index is -0.536. The van der Waals surface area contributed by atoms with Gasteiger partial charge in [0, 0.05) is 6.54 Å². The molecular formula is C8H14N2O2S. The van der Waals surface area contributed by atoms with Crippen molar-refractivity contribution in [3.8, 4) is 0 Å². The average Bonchev–Trinajstić information content (AvgIpc) is 2.31. The number of aliphatic hydroxyl groups excluding tert-OH is 1. The van der Waals surface area contributed by atoms with Gasteiger partial charge in [-0.15, -0.1) is 0 Å². The van der Waals surface area contributed by atoms with Crippen LogP contribution in [0.2, 0.25) is 0 Å². The predicted octanol–water partition coefficient (Wildman–Crippen LogP) is -0.280. The van der Waals surface area contributed by atoms with Gasteiger partial charge in [-0.25, -0.2) is 0 Å². The predicted molar refractivity (Wildman–Crippen MR) is 53.2 cm³/mol. The van der Waals surface area contributed by atoms with Gasteiger partial charge in [-0.2, -0.15) is 0 Å². The first-order chi connectivity index (χ1) is 6.06. The van der Waals surface area contributed by atoms with Crippen molar-refractivity contribution in [2.45, 2.75) is 19.9 Å². The second-order valence-corrected chi connectivity index (χ2v) is 3.91. The maximum Gasteiger partial charge on any atom is 0.253 e. The Morgan fingerprint density at radius 1 is 1.69 bits per heavy atom. The van der Waals surface area contributed by atoms with Crippen molar-refractivity contribution in [2.24, 2.45) is 5.92 Å². The second-order valence-electron chi connectivity index (χ2n) is 3.53. The fraction of sp³-hybridized carbons (Fsp3) is 0.750. The summed E-state index contributed by atoms with van der Waals surface area (Å²) < 4.78 is 0. The Balaban J connectivity index is 2.65. The lowest BCUT2D eigenvalue weighted by Gasteiger charge is -2.16. The number of hydrogen-bond acceptors (Lipinski definition) is 3. The van der Waals surface area contributed by atoms with E-state index < -0.39 is 6.04 Å². The van der Waals surface area contributed by atoms with E-state index in [4.69, 9.17) is 17.3 Å². The highest BCUT2D eigenvalue weighted by Crippen LogP contribution is 2.09. The average molecular weight is 202 g/mol. The molecule has 0 aromatic rings. The molecule has 5 heteroatoms. The van der Waals surface area contributed by atoms with Crippen molar-refractivity contribution in [1.82, 2.24) is 10.2 Å². The number of aliphatic hydroxyl groups is 1. The van der Waals surface area contributed by atoms with Crippen LogP contribution in [0, 0.1) is 5.92 Å². The van der Waals surface area contributed by atoms with Gasteiger partial charge in [-0.05, 0) is 18.1 Å². The van der Waals surface area contributed by atoms with Crippen molar-refractivity contribution >= 4 is 23.2 Å². The highest BCUT2D eigenvalue weighted by Gasteiger charge is 2.34. The number of hydrogen-bond donors (Lipinski definition) is 2. The van der Waals surface area contributed by atoms with E-state index in [9.17, 15) is 4.79 Å². The van der Waals surface area contributed by atoms with Gasteiger partial charge in [-0.1, -0.05) is 13.8 Å². The fourth-order valence-corrected chi connectivity index (χ4v) is 1.55. The maximum absolute atomic E-state index is 11.5. The Bertz CT molecular complexity index is 230. The monoisotopic (exact) mass is 202 g/mol. The van der Waals surface area contributed by atoms with Crippen LogP contribution in [0.15, 0.2) is 0 Å². The normalized spacial score (nSPS) is 22.8. The van der Waals surface area contributed by atoms with E-state index in [2.05, 4.69) is 5.32 Å². The maximum atomic E-state index is 11.5. The smallest absolute Gasteiger partial charge is 0.253 e. The van der Waals surface area contributed by atoms with Crippen LogP contribution in [0.5, 0.6) is 0 Å². The van der Waals surface area contributed by atoms with Crippen LogP contribution < -0.4 is 5.32 Å². The molecule has 0 bridgehead atoms. The first kappa shape index (κ1) is 10.4. The number of nitrogens with zero attached hydrogens (tertiary/aromatic N) is 1. The van der Waals surface area contributed by atoms with Crippen molar-refractivity contribution in [1.29, 1.82) is 0 Å². The Morgan fingerprint density at radius 2 is 2.31 bits per heavy atom. The lowest BCUT2D eigenvalue weighted by molar-refractivity contribution is -0.128. The number of nitrogens with one attached hydrogen (secondary N) is 1. The van der Waals surface area contributed by atoms with Gasteiger partial charge in [0.2, 0.25) is 0 Å². The molecule has 0 aromatic carbocycles. The largest absolute Gasteiger partial charge is 0.394 e. The molecule has 1 saturated heterocycles. The molecule has 74 valence electrons. The van der Waals surface area contributed by atoms with Gasteiger partial charge in [0.15, 0.2) is 5.11 Å². The molecule has 1 unspecified atom stereocenters. The molecule has 2 N–H and O–H groups in total. The van der Waals surface area contributed by atoms with Gasteiger partial charge >= 0.3 is 0 Å². The third-order valence-electron chi connectivity index (χ3n) is 1.84. The lowest BCUT2D eigenvalue weighted by Crippen LogP contribution is -2.35. The summed E-state index contributed by atoms with van der Waals surface area (Å²) in [6.45, 7) is 4.44. The van der Waals surface area contributed by atoms with Crippen molar-refractivity contribution in [3.05, 3.63) is 0 Å². The molecule has 0 saturated carbocycles. The molecule has 0 aliphatic carbocycles. The molecule has 1 aliphatic rings. The molecule has 1 fully saturated rings. The van der Waals surface area contributed by atoms with Crippen LogP contribution in [0.3, 0.4) is 0 Å². The number of carbonyl (C=O) groups excluding carboxylic acids is 1. The van der Waals surface area contributed by atoms with Crippen LogP contribution in [0.1, 0.15) is 13.8 Å². The summed E-state index contributed by atoms with van der Waals surface area (Å²) in [5, 5.41) is 12.0. The van der Waals surface area contributed by atoms with Crippen LogP contribution in [0.25, 0.3) is 0 Å². The van der Waals surface area contributed by atoms with Gasteiger partial charge in [0.1, 0.15) is 6.04 Å². The Hall–Kier alpha value is -0.680. The van der Waals surface area contributed by atoms with Crippen molar-refractivity contribution < 1.29 is 9.90 Å². The van der Waals surface area contributed by atoms with E-state index in [0.29, 0.717) is 17.6 Å². The minimum Gasteiger partial charge on any atom is -0.394 e. The number of thiocarbonyl (C=S) groups is 1. The first-order valence-electron chi connectivity index (χ1n) is 4.29. The minimum absolute atomic E-state index is 0.124. The SMILES string of the molecule is CC(C)CN1C(=O)C(CO)NC1=S. The third-order valence-corrected chi connectivity index (χ3v) is 2.18. The zero-order chi connectivity index (χ0) is 10.0. The molecular weight excluding hydrogens is 188 g/mol. The van der Waals surface area contributed by atoms with Crippen LogP contribution >= 0.6 is 12.2 Å². The standard InChI is InChI=1S/C8H14N2O2S/c1-5(2)3-10-7(12)6(4-11)9-8(10)13/h5-6,11H,3-4H2,1-2H3,(H,9,13). The number of carbonyl (C=O) groups is 1. The zero-order valence-electron chi connectivity index (χ0n) is 7.78. The lowest BCUT2D eigenvalue weighted by atomic mass is 10.2. The van der Waals surface area contributed by atoms with Crippen molar-refractivity contribution in [2.75, 3.05) is 13.2 Å². The summed E-state index contributed by atoms with van der Waals surface area (Å²) >= 11 is 4.96. The van der Waals surface area contributed by atoms with E-state index in [1.807, 2.05) is 13.8 Å². The summed E-state index contributed by atoms with van der Waals surface area (Å²) in [4.78, 5) is 13.0. The molecule has 4 nitrogen and oxygen atoms in total. The van der Waals surface area contributed by atoms with Gasteiger partial charge < -0.3 is 10.4 Å². The van der Waals surface area contributed by atoms with Gasteiger partial charge in [0.25, 0.3) is 5.91 Å². The summed E-state index contributed by atoms with van der Waals surface area (Å²) in [5.41, 5.74) is 0. The van der Waals surface area contributed by atoms with Crippen LogP contribution in [-0.4, -0.2) is 40.2 Å². The van der Waals surface area contributed by atoms with Crippen molar-refractivity contribution in [3.63, 3.8) is 0 Å². The highest BCUT2D eigenvalue weighted by atomic mass is 32.1. The van der Waals surface area contributed by atoms with Gasteiger partial charge in [0.05, 0.1) is 6.61 Å². The molecule has 0 spiro atoms. The zero-order valence-corrected chi connectivity index (χ0v) is 8.60. The Morgan fingerprint density at radius 3 is 2.69 bits per heavy atom. The van der Waals surface area contributed by atoms with E-state index in [1.165, 1.54) is 4.90 Å². The number of rotatable bonds is 3. The molecule has 1 heterocycles. The van der Waals surface area contributed by atoms with E-state index in [0.717, 1.165) is 0 Å². The van der Waals surface area contributed by atoms with Gasteiger partial charge in [-0.3, -0.25) is 9.69 Å². The van der Waals surface area contributed by atoms with E-state index >= 15 is 0 Å². The topological polar surface area (TPSA) is 52.6 Å². The van der Waals surface area contributed by atoms with E-state index in [-0.39, 0.29) is 12.5 Å². The third kappa shape index (κ3) is 2.16. The first-order valence-corrected chi connectivity index (χ1v) is 4.69. The summed E-state index contributed by atoms with van der Waals surface area (Å²) in [6, 6.07) is -0.536. The molecule has 0 aromatic heterocycles. The molecule has 0 radical (unpaired) electrons. The summed E-state index contributed by atoms with van der Waals surface area (Å²) in [6.07, 6.45) is 0. The summed E-state index contributed by atoms with van der Waals surface area (Å²) in [7, 11) is 0. The second kappa shape index (κ2) is 4.02. The molecule has 1 aliphatic heterocycles. The molecule has 1 rings (SSSR count). The van der Waals surface area contributed by atoms with Crippen LogP contribution in [0.4, 0.5) is 0 Å². The summed E-state index contributed by atoms with van der Waals surface area (Å²) in [5.74, 6) is 0.252. The molecule has 1 amide bonds. The Labute approximate surface area is 82.9 Å². The fourth-order valence-electron chi connectivity index (χ4n) is 1.24.